The molecule has 0 saturated heterocycles. The Bertz CT molecular complexity index is 1270. The van der Waals surface area contributed by atoms with Gasteiger partial charge in [0.05, 0.1) is 29.4 Å². The standard InChI is InChI=1S/C21H18N4O3/c1-13-15(8-9-19(26)23-12-14-5-4-10-28-14)21(27)25-18-7-3-2-6-17(18)24-20(25)16(13)11-22/h2-7,10,24H,8-9,12H2,1H3,(H,23,26). The molecule has 3 heterocycles. The van der Waals surface area contributed by atoms with E-state index in [4.69, 9.17) is 4.42 Å². The normalized spacial score (nSPS) is 11.0. The first-order valence-corrected chi connectivity index (χ1v) is 8.94. The van der Waals surface area contributed by atoms with Gasteiger partial charge >= 0.3 is 0 Å². The summed E-state index contributed by atoms with van der Waals surface area (Å²) in [6.07, 6.45) is 1.95. The van der Waals surface area contributed by atoms with E-state index in [1.165, 1.54) is 4.40 Å². The number of amides is 1. The molecule has 0 radical (unpaired) electrons. The molecule has 0 atom stereocenters. The Kier molecular flexibility index (Phi) is 4.45. The van der Waals surface area contributed by atoms with Crippen LogP contribution in [0.25, 0.3) is 16.7 Å². The van der Waals surface area contributed by atoms with Crippen LogP contribution in [0, 0.1) is 18.3 Å². The van der Waals surface area contributed by atoms with E-state index in [1.54, 1.807) is 25.3 Å². The minimum atomic E-state index is -0.206. The molecule has 7 heteroatoms. The van der Waals surface area contributed by atoms with Crippen LogP contribution in [0.3, 0.4) is 0 Å². The maximum atomic E-state index is 13.1. The minimum absolute atomic E-state index is 0.149. The molecule has 1 aromatic carbocycles. The van der Waals surface area contributed by atoms with E-state index in [0.29, 0.717) is 40.2 Å². The highest BCUT2D eigenvalue weighted by Crippen LogP contribution is 2.21. The quantitative estimate of drug-likeness (QED) is 0.560. The van der Waals surface area contributed by atoms with Gasteiger partial charge in [0.2, 0.25) is 5.91 Å². The first-order chi connectivity index (χ1) is 13.6. The van der Waals surface area contributed by atoms with Crippen molar-refractivity contribution in [3.8, 4) is 6.07 Å². The van der Waals surface area contributed by atoms with Crippen LogP contribution in [0.4, 0.5) is 0 Å². The van der Waals surface area contributed by atoms with Crippen molar-refractivity contribution in [1.29, 1.82) is 5.26 Å². The predicted octanol–water partition coefficient (Wildman–Crippen LogP) is 2.80. The van der Waals surface area contributed by atoms with E-state index < -0.39 is 0 Å². The number of nitrogens with zero attached hydrogens (tertiary/aromatic N) is 2. The van der Waals surface area contributed by atoms with Crippen LogP contribution >= 0.6 is 0 Å². The lowest BCUT2D eigenvalue weighted by Crippen LogP contribution is -2.26. The molecule has 0 aliphatic rings. The summed E-state index contributed by atoms with van der Waals surface area (Å²) in [4.78, 5) is 28.5. The van der Waals surface area contributed by atoms with Gasteiger partial charge in [-0.1, -0.05) is 12.1 Å². The number of carbonyl (C=O) groups excluding carboxylic acids is 1. The molecular weight excluding hydrogens is 356 g/mol. The van der Waals surface area contributed by atoms with Gasteiger partial charge < -0.3 is 14.7 Å². The van der Waals surface area contributed by atoms with E-state index in [2.05, 4.69) is 16.4 Å². The second kappa shape index (κ2) is 7.08. The molecule has 0 unspecified atom stereocenters. The summed E-state index contributed by atoms with van der Waals surface area (Å²) in [6.45, 7) is 2.05. The van der Waals surface area contributed by atoms with Crippen LogP contribution in [-0.2, 0) is 17.8 Å². The molecule has 0 saturated carbocycles. The van der Waals surface area contributed by atoms with Gasteiger partial charge in [0.15, 0.2) is 0 Å². The molecule has 4 rings (SSSR count). The first-order valence-electron chi connectivity index (χ1n) is 8.94. The van der Waals surface area contributed by atoms with E-state index in [9.17, 15) is 14.9 Å². The van der Waals surface area contributed by atoms with Gasteiger partial charge in [0.25, 0.3) is 5.56 Å². The lowest BCUT2D eigenvalue weighted by molar-refractivity contribution is -0.121. The summed E-state index contributed by atoms with van der Waals surface area (Å²) >= 11 is 0. The Morgan fingerprint density at radius 1 is 1.29 bits per heavy atom. The monoisotopic (exact) mass is 374 g/mol. The number of benzene rings is 1. The van der Waals surface area contributed by atoms with Crippen molar-refractivity contribution in [2.24, 2.45) is 0 Å². The highest BCUT2D eigenvalue weighted by atomic mass is 16.3. The summed E-state index contributed by atoms with van der Waals surface area (Å²) in [6, 6.07) is 13.1. The van der Waals surface area contributed by atoms with Crippen molar-refractivity contribution in [3.63, 3.8) is 0 Å². The third-order valence-corrected chi connectivity index (χ3v) is 4.90. The average Bonchev–Trinajstić information content (AvgIpc) is 3.34. The lowest BCUT2D eigenvalue weighted by Gasteiger charge is -2.09. The third kappa shape index (κ3) is 2.95. The number of furan rings is 1. The number of aromatic nitrogens is 2. The molecule has 2 N–H and O–H groups in total. The zero-order valence-electron chi connectivity index (χ0n) is 15.3. The summed E-state index contributed by atoms with van der Waals surface area (Å²) in [5.74, 6) is 0.481. The van der Waals surface area contributed by atoms with Crippen LogP contribution in [0.2, 0.25) is 0 Å². The van der Waals surface area contributed by atoms with Crippen molar-refractivity contribution in [3.05, 3.63) is 75.5 Å². The minimum Gasteiger partial charge on any atom is -0.467 e. The molecule has 0 bridgehead atoms. The lowest BCUT2D eigenvalue weighted by atomic mass is 10.0. The van der Waals surface area contributed by atoms with E-state index in [-0.39, 0.29) is 24.3 Å². The molecule has 0 aliphatic carbocycles. The molecule has 4 aromatic rings. The number of hydrogen-bond acceptors (Lipinski definition) is 4. The Hall–Kier alpha value is -3.79. The van der Waals surface area contributed by atoms with Gasteiger partial charge in [-0.25, -0.2) is 0 Å². The summed E-state index contributed by atoms with van der Waals surface area (Å²) < 4.78 is 6.71. The van der Waals surface area contributed by atoms with Crippen LogP contribution in [0.5, 0.6) is 0 Å². The predicted molar refractivity (Wildman–Crippen MR) is 104 cm³/mol. The Labute approximate surface area is 160 Å². The number of imidazole rings is 1. The van der Waals surface area contributed by atoms with E-state index >= 15 is 0 Å². The SMILES string of the molecule is Cc1c(CCC(=O)NCc2ccco2)c(=O)n2c([nH]c3ccccc32)c1C#N. The fourth-order valence-corrected chi connectivity index (χ4v) is 3.44. The molecule has 0 spiro atoms. The van der Waals surface area contributed by atoms with Crippen LogP contribution in [0.15, 0.2) is 51.9 Å². The number of aromatic amines is 1. The van der Waals surface area contributed by atoms with Crippen molar-refractivity contribution in [2.75, 3.05) is 0 Å². The van der Waals surface area contributed by atoms with Gasteiger partial charge in [-0.3, -0.25) is 14.0 Å². The number of para-hydroxylation sites is 2. The molecular formula is C21H18N4O3. The van der Waals surface area contributed by atoms with Gasteiger partial charge in [0.1, 0.15) is 17.5 Å². The second-order valence-electron chi connectivity index (χ2n) is 6.58. The zero-order chi connectivity index (χ0) is 19.7. The number of pyridine rings is 1. The highest BCUT2D eigenvalue weighted by Gasteiger charge is 2.19. The number of nitriles is 1. The molecule has 3 aromatic heterocycles. The Balaban J connectivity index is 1.67. The summed E-state index contributed by atoms with van der Waals surface area (Å²) in [5.41, 5.74) is 3.28. The Morgan fingerprint density at radius 3 is 2.86 bits per heavy atom. The topological polar surface area (TPSA) is 103 Å². The number of fused-ring (bicyclic) bond motifs is 3. The molecule has 28 heavy (non-hydrogen) atoms. The highest BCUT2D eigenvalue weighted by molar-refractivity contribution is 5.83. The smallest absolute Gasteiger partial charge is 0.260 e. The van der Waals surface area contributed by atoms with Crippen LogP contribution in [-0.4, -0.2) is 15.3 Å². The van der Waals surface area contributed by atoms with Crippen molar-refractivity contribution < 1.29 is 9.21 Å². The fraction of sp³-hybridized carbons (Fsp3) is 0.190. The summed E-state index contributed by atoms with van der Waals surface area (Å²) in [7, 11) is 0. The summed E-state index contributed by atoms with van der Waals surface area (Å²) in [5, 5.41) is 12.4. The largest absolute Gasteiger partial charge is 0.467 e. The number of nitrogens with one attached hydrogen (secondary N) is 2. The van der Waals surface area contributed by atoms with Gasteiger partial charge in [-0.2, -0.15) is 5.26 Å². The zero-order valence-corrected chi connectivity index (χ0v) is 15.3. The van der Waals surface area contributed by atoms with E-state index in [0.717, 1.165) is 5.52 Å². The molecule has 140 valence electrons. The van der Waals surface area contributed by atoms with Crippen LogP contribution in [0.1, 0.15) is 28.9 Å². The molecule has 0 aliphatic heterocycles. The number of carbonyl (C=O) groups is 1. The molecule has 1 amide bonds. The molecule has 0 fully saturated rings. The van der Waals surface area contributed by atoms with E-state index in [1.807, 2.05) is 24.3 Å². The van der Waals surface area contributed by atoms with Crippen LogP contribution < -0.4 is 10.9 Å². The van der Waals surface area contributed by atoms with Crippen molar-refractivity contribution in [2.45, 2.75) is 26.3 Å². The molecule has 7 nitrogen and oxygen atoms in total. The van der Waals surface area contributed by atoms with Gasteiger partial charge in [-0.15, -0.1) is 0 Å². The fourth-order valence-electron chi connectivity index (χ4n) is 3.44. The average molecular weight is 374 g/mol. The second-order valence-corrected chi connectivity index (χ2v) is 6.58. The number of rotatable bonds is 5. The van der Waals surface area contributed by atoms with Crippen molar-refractivity contribution >= 4 is 22.6 Å². The first kappa shape index (κ1) is 17.6. The maximum absolute atomic E-state index is 13.1. The Morgan fingerprint density at radius 2 is 2.11 bits per heavy atom. The van der Waals surface area contributed by atoms with Gasteiger partial charge in [0, 0.05) is 12.0 Å². The number of hydrogen-bond donors (Lipinski definition) is 2. The third-order valence-electron chi connectivity index (χ3n) is 4.90. The van der Waals surface area contributed by atoms with Crippen molar-refractivity contribution in [1.82, 2.24) is 14.7 Å². The van der Waals surface area contributed by atoms with Gasteiger partial charge in [-0.05, 0) is 43.2 Å². The maximum Gasteiger partial charge on any atom is 0.260 e. The number of H-pyrrole nitrogens is 1.